The molecular weight excluding hydrogens is 390 g/mol. The zero-order chi connectivity index (χ0) is 22.7. The molecule has 2 heteroatoms. The Morgan fingerprint density at radius 2 is 1.28 bits per heavy atom. The van der Waals surface area contributed by atoms with Gasteiger partial charge in [-0.25, -0.2) is 0 Å². The third kappa shape index (κ3) is 6.91. The Bertz CT molecular complexity index is 868. The Morgan fingerprint density at radius 3 is 1.72 bits per heavy atom. The summed E-state index contributed by atoms with van der Waals surface area (Å²) >= 11 is 0. The molecule has 3 aromatic carbocycles. The van der Waals surface area contributed by atoms with Crippen molar-refractivity contribution in [3.8, 4) is 0 Å². The van der Waals surface area contributed by atoms with Crippen molar-refractivity contribution < 1.29 is 5.11 Å². The molecule has 168 valence electrons. The first-order valence-electron chi connectivity index (χ1n) is 11.8. The Morgan fingerprint density at radius 1 is 0.812 bits per heavy atom. The van der Waals surface area contributed by atoms with Gasteiger partial charge >= 0.3 is 0 Å². The lowest BCUT2D eigenvalue weighted by atomic mass is 9.81. The van der Waals surface area contributed by atoms with Crippen LogP contribution < -0.4 is 0 Å². The first-order chi connectivity index (χ1) is 15.6. The summed E-state index contributed by atoms with van der Waals surface area (Å²) in [4.78, 5) is 2.47. The maximum Gasteiger partial charge on any atom is 0.0839 e. The van der Waals surface area contributed by atoms with E-state index in [2.05, 4.69) is 109 Å². The highest BCUT2D eigenvalue weighted by molar-refractivity contribution is 5.21. The molecule has 0 aliphatic carbocycles. The molecular formula is C30H37NO. The van der Waals surface area contributed by atoms with Crippen LogP contribution in [0.3, 0.4) is 0 Å². The molecule has 0 saturated carbocycles. The van der Waals surface area contributed by atoms with Gasteiger partial charge in [0.15, 0.2) is 0 Å². The molecule has 2 nitrogen and oxygen atoms in total. The van der Waals surface area contributed by atoms with Crippen molar-refractivity contribution in [2.45, 2.75) is 63.8 Å². The summed E-state index contributed by atoms with van der Waals surface area (Å²) in [7, 11) is 0. The van der Waals surface area contributed by atoms with Gasteiger partial charge in [-0.2, -0.15) is 0 Å². The third-order valence-electron chi connectivity index (χ3n) is 6.25. The Labute approximate surface area is 194 Å². The van der Waals surface area contributed by atoms with Crippen LogP contribution in [0.2, 0.25) is 0 Å². The molecule has 0 aromatic heterocycles. The van der Waals surface area contributed by atoms with Gasteiger partial charge in [0.05, 0.1) is 5.60 Å². The fraction of sp³-hybridized carbons (Fsp3) is 0.333. The number of hydrogen-bond acceptors (Lipinski definition) is 2. The van der Waals surface area contributed by atoms with E-state index in [1.54, 1.807) is 0 Å². The van der Waals surface area contributed by atoms with E-state index >= 15 is 0 Å². The molecule has 0 bridgehead atoms. The summed E-state index contributed by atoms with van der Waals surface area (Å²) < 4.78 is 0. The molecule has 0 aliphatic rings. The van der Waals surface area contributed by atoms with Gasteiger partial charge in [-0.05, 0) is 36.0 Å². The Kier molecular flexibility index (Phi) is 9.27. The van der Waals surface area contributed by atoms with Gasteiger partial charge in [-0.15, -0.1) is 6.58 Å². The van der Waals surface area contributed by atoms with Crippen molar-refractivity contribution >= 4 is 0 Å². The van der Waals surface area contributed by atoms with Crippen LogP contribution in [0.5, 0.6) is 0 Å². The summed E-state index contributed by atoms with van der Waals surface area (Å²) in [6.07, 6.45) is 6.11. The average Bonchev–Trinajstić information content (AvgIpc) is 2.83. The van der Waals surface area contributed by atoms with E-state index in [0.29, 0.717) is 6.42 Å². The van der Waals surface area contributed by atoms with E-state index in [1.807, 2.05) is 6.08 Å². The van der Waals surface area contributed by atoms with Crippen molar-refractivity contribution in [3.05, 3.63) is 120 Å². The van der Waals surface area contributed by atoms with Crippen LogP contribution in [0, 0.1) is 0 Å². The van der Waals surface area contributed by atoms with Crippen molar-refractivity contribution in [3.63, 3.8) is 0 Å². The number of rotatable bonds is 13. The second-order valence-electron chi connectivity index (χ2n) is 8.78. The maximum absolute atomic E-state index is 12.1. The lowest BCUT2D eigenvalue weighted by Gasteiger charge is -2.43. The van der Waals surface area contributed by atoms with Gasteiger partial charge in [0.1, 0.15) is 0 Å². The van der Waals surface area contributed by atoms with Gasteiger partial charge < -0.3 is 5.11 Å². The van der Waals surface area contributed by atoms with E-state index in [9.17, 15) is 5.11 Å². The first kappa shape index (κ1) is 24.0. The first-order valence-corrected chi connectivity index (χ1v) is 11.8. The normalized spacial score (nSPS) is 14.1. The van der Waals surface area contributed by atoms with Crippen molar-refractivity contribution in [2.24, 2.45) is 0 Å². The molecule has 0 unspecified atom stereocenters. The average molecular weight is 428 g/mol. The van der Waals surface area contributed by atoms with Crippen LogP contribution in [0.25, 0.3) is 0 Å². The van der Waals surface area contributed by atoms with Crippen molar-refractivity contribution in [1.29, 1.82) is 0 Å². The summed E-state index contributed by atoms with van der Waals surface area (Å²) in [5.74, 6) is 0. The van der Waals surface area contributed by atoms with Gasteiger partial charge in [0, 0.05) is 19.1 Å². The van der Waals surface area contributed by atoms with Gasteiger partial charge in [-0.3, -0.25) is 4.90 Å². The zero-order valence-corrected chi connectivity index (χ0v) is 19.4. The minimum absolute atomic E-state index is 0.0325. The lowest BCUT2D eigenvalue weighted by Crippen LogP contribution is -2.53. The fourth-order valence-electron chi connectivity index (χ4n) is 4.55. The van der Waals surface area contributed by atoms with Crippen LogP contribution in [0.15, 0.2) is 104 Å². The van der Waals surface area contributed by atoms with Gasteiger partial charge in [0.2, 0.25) is 0 Å². The van der Waals surface area contributed by atoms with Crippen molar-refractivity contribution in [1.82, 2.24) is 4.90 Å². The molecule has 0 amide bonds. The SMILES string of the molecule is C=CC[C@](O)(CCCC)[C@H](Cc1ccccc1)N(Cc1ccccc1)Cc1ccccc1. The van der Waals surface area contributed by atoms with E-state index in [4.69, 9.17) is 0 Å². The minimum atomic E-state index is -0.836. The number of benzene rings is 3. The fourth-order valence-corrected chi connectivity index (χ4v) is 4.55. The number of aliphatic hydroxyl groups is 1. The summed E-state index contributed by atoms with van der Waals surface area (Å²) in [5, 5.41) is 12.1. The van der Waals surface area contributed by atoms with Crippen LogP contribution in [-0.4, -0.2) is 21.6 Å². The summed E-state index contributed by atoms with van der Waals surface area (Å²) in [5.41, 5.74) is 2.94. The molecule has 32 heavy (non-hydrogen) atoms. The second kappa shape index (κ2) is 12.4. The molecule has 0 aliphatic heterocycles. The van der Waals surface area contributed by atoms with Crippen LogP contribution in [0.4, 0.5) is 0 Å². The highest BCUT2D eigenvalue weighted by Crippen LogP contribution is 2.32. The van der Waals surface area contributed by atoms with E-state index in [0.717, 1.165) is 38.8 Å². The molecule has 0 heterocycles. The maximum atomic E-state index is 12.1. The molecule has 0 saturated heterocycles. The smallest absolute Gasteiger partial charge is 0.0839 e. The van der Waals surface area contributed by atoms with E-state index < -0.39 is 5.60 Å². The minimum Gasteiger partial charge on any atom is -0.388 e. The number of hydrogen-bond donors (Lipinski definition) is 1. The summed E-state index contributed by atoms with van der Waals surface area (Å²) in [6.45, 7) is 7.76. The topological polar surface area (TPSA) is 23.5 Å². The quantitative estimate of drug-likeness (QED) is 0.303. The van der Waals surface area contributed by atoms with Crippen LogP contribution in [-0.2, 0) is 19.5 Å². The van der Waals surface area contributed by atoms with E-state index in [1.165, 1.54) is 16.7 Å². The van der Waals surface area contributed by atoms with Crippen LogP contribution >= 0.6 is 0 Å². The molecule has 2 atom stereocenters. The molecule has 3 rings (SSSR count). The molecule has 0 fully saturated rings. The predicted octanol–water partition coefficient (Wildman–Crippen LogP) is 6.80. The van der Waals surface area contributed by atoms with Crippen LogP contribution in [0.1, 0.15) is 49.3 Å². The van der Waals surface area contributed by atoms with Crippen molar-refractivity contribution in [2.75, 3.05) is 0 Å². The van der Waals surface area contributed by atoms with Gasteiger partial charge in [0.25, 0.3) is 0 Å². The number of nitrogens with zero attached hydrogens (tertiary/aromatic N) is 1. The van der Waals surface area contributed by atoms with E-state index in [-0.39, 0.29) is 6.04 Å². The molecule has 3 aromatic rings. The van der Waals surface area contributed by atoms with Gasteiger partial charge in [-0.1, -0.05) is 117 Å². The second-order valence-corrected chi connectivity index (χ2v) is 8.78. The third-order valence-corrected chi connectivity index (χ3v) is 6.25. The lowest BCUT2D eigenvalue weighted by molar-refractivity contribution is -0.0594. The molecule has 0 radical (unpaired) electrons. The Hall–Kier alpha value is -2.68. The molecule has 0 spiro atoms. The standard InChI is InChI=1S/C30H37NO/c1-3-5-22-30(32,21-4-2)29(23-26-15-9-6-10-16-26)31(24-27-17-11-7-12-18-27)25-28-19-13-8-14-20-28/h4,6-20,29,32H,2-3,5,21-25H2,1H3/t29-,30-/m0/s1. The molecule has 1 N–H and O–H groups in total. The highest BCUT2D eigenvalue weighted by Gasteiger charge is 2.39. The Balaban J connectivity index is 2.01. The predicted molar refractivity (Wildman–Crippen MR) is 135 cm³/mol. The summed E-state index contributed by atoms with van der Waals surface area (Å²) in [6, 6.07) is 31.7. The zero-order valence-electron chi connectivity index (χ0n) is 19.4. The highest BCUT2D eigenvalue weighted by atomic mass is 16.3. The largest absolute Gasteiger partial charge is 0.388 e. The number of unbranched alkanes of at least 4 members (excludes halogenated alkanes) is 1. The monoisotopic (exact) mass is 427 g/mol.